The van der Waals surface area contributed by atoms with Crippen LogP contribution in [-0.4, -0.2) is 78.6 Å². The van der Waals surface area contributed by atoms with E-state index in [9.17, 15) is 9.59 Å². The van der Waals surface area contributed by atoms with Crippen LogP contribution in [0, 0.1) is 22.7 Å². The van der Waals surface area contributed by atoms with Gasteiger partial charge in [0.15, 0.2) is 0 Å². The number of methoxy groups -OCH3 is 1. The molecule has 6 saturated carbocycles. The van der Waals surface area contributed by atoms with E-state index in [0.29, 0.717) is 63.3 Å². The van der Waals surface area contributed by atoms with Crippen molar-refractivity contribution in [3.8, 4) is 23.0 Å². The summed E-state index contributed by atoms with van der Waals surface area (Å²) in [6, 6.07) is 22.7. The number of phenols is 1. The number of esters is 1. The number of alkyl halides is 1. The van der Waals surface area contributed by atoms with E-state index in [-0.39, 0.29) is 11.7 Å². The van der Waals surface area contributed by atoms with Crippen LogP contribution in [0.15, 0.2) is 81.7 Å². The van der Waals surface area contributed by atoms with Gasteiger partial charge in [-0.2, -0.15) is 0 Å². The minimum atomic E-state index is -0.648. The zero-order chi connectivity index (χ0) is 61.1. The number of rotatable bonds is 12. The summed E-state index contributed by atoms with van der Waals surface area (Å²) < 4.78 is 24.7. The number of ether oxygens (including phenoxy) is 4. The molecule has 0 unspecified atom stereocenters. The Morgan fingerprint density at radius 2 is 0.837 bits per heavy atom. The van der Waals surface area contributed by atoms with Gasteiger partial charge in [-0.05, 0) is 282 Å². The number of carboxylic acids is 1. The van der Waals surface area contributed by atoms with Gasteiger partial charge in [0.2, 0.25) is 0 Å². The molecule has 17 heteroatoms. The van der Waals surface area contributed by atoms with Crippen molar-refractivity contribution in [2.45, 2.75) is 216 Å². The third kappa shape index (κ3) is 21.7. The molecule has 0 atom stereocenters. The van der Waals surface area contributed by atoms with E-state index in [1.54, 1.807) is 12.1 Å². The summed E-state index contributed by atoms with van der Waals surface area (Å²) >= 11 is 34.7. The Morgan fingerprint density at radius 3 is 1.17 bits per heavy atom. The third-order valence-corrected chi connectivity index (χ3v) is 23.5. The maximum Gasteiger partial charge on any atom is 0.305 e. The molecule has 86 heavy (non-hydrogen) atoms. The van der Waals surface area contributed by atoms with Crippen LogP contribution in [0.1, 0.15) is 193 Å². The number of piperidine rings is 2. The molecule has 0 bridgehead atoms. The quantitative estimate of drug-likeness (QED) is 0.105. The number of anilines is 2. The summed E-state index contributed by atoms with van der Waals surface area (Å²) in [6.07, 6.45) is 36.5. The molecule has 8 fully saturated rings. The van der Waals surface area contributed by atoms with Crippen molar-refractivity contribution >= 4 is 118 Å². The summed E-state index contributed by atoms with van der Waals surface area (Å²) in [5, 5.41) is 20.8. The summed E-state index contributed by atoms with van der Waals surface area (Å²) in [4.78, 5) is 28.3. The van der Waals surface area contributed by atoms with Crippen LogP contribution in [0.5, 0.6) is 23.0 Å². The minimum absolute atomic E-state index is 0.0601. The molecule has 12 rings (SSSR count). The van der Waals surface area contributed by atoms with Crippen LogP contribution in [-0.2, 0) is 14.3 Å². The van der Waals surface area contributed by atoms with Gasteiger partial charge in [0.1, 0.15) is 23.0 Å². The van der Waals surface area contributed by atoms with Gasteiger partial charge < -0.3 is 39.0 Å². The number of hydrogen-bond acceptors (Lipinski definition) is 9. The number of aromatic hydroxyl groups is 1. The van der Waals surface area contributed by atoms with Gasteiger partial charge in [0.25, 0.3) is 0 Å². The first-order valence-electron chi connectivity index (χ1n) is 32.1. The van der Waals surface area contributed by atoms with Gasteiger partial charge in [0.05, 0.1) is 56.9 Å². The molecule has 2 aliphatic heterocycles. The van der Waals surface area contributed by atoms with Gasteiger partial charge in [-0.25, -0.2) is 0 Å². The molecule has 2 saturated heterocycles. The Balaban J connectivity index is 0.000000155. The summed E-state index contributed by atoms with van der Waals surface area (Å²) in [5.74, 6) is 3.20. The molecule has 8 aliphatic rings. The Bertz CT molecular complexity index is 2740. The van der Waals surface area contributed by atoms with E-state index in [1.807, 2.05) is 42.5 Å². The fourth-order valence-electron chi connectivity index (χ4n) is 14.1. The Hall–Kier alpha value is -2.78. The van der Waals surface area contributed by atoms with Crippen LogP contribution < -0.4 is 24.0 Å². The molecular weight excluding hydrogens is 1370 g/mol. The predicted octanol–water partition coefficient (Wildman–Crippen LogP) is 21.5. The second-order valence-electron chi connectivity index (χ2n) is 25.6. The number of carbonyl (C=O) groups excluding carboxylic acids is 1. The Labute approximate surface area is 558 Å². The molecule has 0 radical (unpaired) electrons. The topological polar surface area (TPSA) is 118 Å². The number of nitrogens with zero attached hydrogens (tertiary/aromatic N) is 2. The highest BCUT2D eigenvalue weighted by Crippen LogP contribution is 2.50. The highest BCUT2D eigenvalue weighted by Gasteiger charge is 2.40. The number of halogens is 7. The second-order valence-corrected chi connectivity index (χ2v) is 30.2. The molecule has 4 aromatic carbocycles. The van der Waals surface area contributed by atoms with Crippen molar-refractivity contribution < 1.29 is 38.7 Å². The van der Waals surface area contributed by atoms with E-state index in [2.05, 4.69) is 69.7 Å². The average Bonchev–Trinajstić information content (AvgIpc) is 1.72. The normalized spacial score (nSPS) is 21.5. The summed E-state index contributed by atoms with van der Waals surface area (Å²) in [5.41, 5.74) is 3.09. The average molecular weight is 1460 g/mol. The molecule has 474 valence electrons. The molecular formula is C69H91Br3Cl4N2O8. The monoisotopic (exact) mass is 1450 g/mol. The van der Waals surface area contributed by atoms with Crippen molar-refractivity contribution in [2.24, 2.45) is 22.7 Å². The fraction of sp³-hybridized carbons (Fsp3) is 0.623. The largest absolute Gasteiger partial charge is 0.508 e. The first kappa shape index (κ1) is 69.1. The highest BCUT2D eigenvalue weighted by atomic mass is 79.9. The molecule has 0 aromatic heterocycles. The predicted molar refractivity (Wildman–Crippen MR) is 363 cm³/mol. The van der Waals surface area contributed by atoms with Gasteiger partial charge >= 0.3 is 11.9 Å². The highest BCUT2D eigenvalue weighted by molar-refractivity contribution is 9.11. The lowest BCUT2D eigenvalue weighted by atomic mass is 9.65. The molecule has 2 N–H and O–H groups in total. The molecule has 2 heterocycles. The van der Waals surface area contributed by atoms with E-state index in [0.717, 1.165) is 118 Å². The number of aliphatic carboxylic acids is 1. The van der Waals surface area contributed by atoms with Crippen molar-refractivity contribution in [1.82, 2.24) is 0 Å². The van der Waals surface area contributed by atoms with E-state index in [4.69, 9.17) is 75.6 Å². The summed E-state index contributed by atoms with van der Waals surface area (Å²) in [7, 11) is 1.49. The zero-order valence-corrected chi connectivity index (χ0v) is 58.1. The van der Waals surface area contributed by atoms with Crippen LogP contribution in [0.4, 0.5) is 11.4 Å². The maximum atomic E-state index is 11.6. The first-order chi connectivity index (χ1) is 41.4. The Morgan fingerprint density at radius 1 is 0.488 bits per heavy atom. The number of hydrogen-bond donors (Lipinski definition) is 2. The van der Waals surface area contributed by atoms with Gasteiger partial charge in [-0.1, -0.05) is 75.2 Å². The lowest BCUT2D eigenvalue weighted by molar-refractivity contribution is -0.142. The second kappa shape index (κ2) is 34.6. The van der Waals surface area contributed by atoms with Crippen molar-refractivity contribution in [3.63, 3.8) is 0 Å². The number of phenolic OH excluding ortho intramolecular Hbond substituents is 1. The van der Waals surface area contributed by atoms with Crippen LogP contribution in [0.2, 0.25) is 20.1 Å². The first-order valence-corrected chi connectivity index (χ1v) is 36.1. The SMILES string of the molecule is BrC1CCCC1.COC(=O)CC1CCC2(CC1)CCN(c1cc(OC3CCCC3)ccc1Cl)CC2.Clc1ccc(OC2CCCC2)cc1Br.O=C(O)CC1CCC2(CC1)CCN(c1cc(OC3CCCC3)ccc1Cl)CC2.Oc1ccc(Cl)c(Br)c1. The zero-order valence-electron chi connectivity index (χ0n) is 50.3. The number of carbonyl (C=O) groups is 2. The smallest absolute Gasteiger partial charge is 0.305 e. The molecule has 10 nitrogen and oxygen atoms in total. The third-order valence-electron chi connectivity index (χ3n) is 19.5. The van der Waals surface area contributed by atoms with E-state index >= 15 is 0 Å². The number of benzene rings is 4. The van der Waals surface area contributed by atoms with Gasteiger partial charge in [0, 0.05) is 64.9 Å². The lowest BCUT2D eigenvalue weighted by Gasteiger charge is -2.46. The van der Waals surface area contributed by atoms with Crippen molar-refractivity contribution in [3.05, 3.63) is 102 Å². The van der Waals surface area contributed by atoms with E-state index in [1.165, 1.54) is 154 Å². The summed E-state index contributed by atoms with van der Waals surface area (Å²) in [6.45, 7) is 4.15. The van der Waals surface area contributed by atoms with Crippen molar-refractivity contribution in [2.75, 3.05) is 43.1 Å². The molecule has 2 spiro atoms. The van der Waals surface area contributed by atoms with Crippen LogP contribution >= 0.6 is 94.2 Å². The molecule has 6 aliphatic carbocycles. The minimum Gasteiger partial charge on any atom is -0.508 e. The van der Waals surface area contributed by atoms with Gasteiger partial charge in [-0.15, -0.1) is 0 Å². The molecule has 0 amide bonds. The van der Waals surface area contributed by atoms with Gasteiger partial charge in [-0.3, -0.25) is 9.59 Å². The maximum absolute atomic E-state index is 11.6. The van der Waals surface area contributed by atoms with Crippen LogP contribution in [0.25, 0.3) is 0 Å². The van der Waals surface area contributed by atoms with E-state index < -0.39 is 5.97 Å². The standard InChI is InChI=1S/C24H34ClNO3.C23H32ClNO3.C11H12BrClO.C6H4BrClO.C5H9Br/c1-28-23(27)16-18-8-10-24(11-9-18)12-14-26(15-13-24)22-17-20(6-7-21(22)25)29-19-4-2-3-5-19;24-20-6-5-19(28-18-3-1-2-4-18)16-21(20)25-13-11-23(12-14-25)9-7-17(8-10-23)15-22(26)27;12-10-7-9(5-6-11(10)13)14-8-3-1-2-4-8;7-5-3-4(9)1-2-6(5)8;6-5-3-1-2-4-5/h6-7,17-19H,2-5,8-16H2,1H3;5-6,16-18H,1-4,7-15H2,(H,26,27);5-8H,1-4H2;1-3,9H;5H,1-4H2. The van der Waals surface area contributed by atoms with Crippen LogP contribution in [0.3, 0.4) is 0 Å². The Kier molecular flexibility index (Phi) is 27.8. The lowest BCUT2D eigenvalue weighted by Crippen LogP contribution is -2.42. The fourth-order valence-corrected chi connectivity index (χ4v) is 16.2. The molecule has 4 aromatic rings. The number of carboxylic acid groups (broad SMARTS) is 1. The van der Waals surface area contributed by atoms with Crippen molar-refractivity contribution in [1.29, 1.82) is 0 Å².